The number of carbonyl (C=O) groups excluding carboxylic acids is 4. The predicted octanol–water partition coefficient (Wildman–Crippen LogP) is 3.90. The molecule has 2 aromatic rings. The zero-order valence-electron chi connectivity index (χ0n) is 18.0. The van der Waals surface area contributed by atoms with Crippen LogP contribution in [0.15, 0.2) is 48.5 Å². The maximum atomic E-state index is 13.1. The van der Waals surface area contributed by atoms with Crippen LogP contribution >= 0.6 is 0 Å². The third-order valence-corrected chi connectivity index (χ3v) is 6.20. The molecule has 2 unspecified atom stereocenters. The van der Waals surface area contributed by atoms with Gasteiger partial charge in [0.05, 0.1) is 23.3 Å². The number of esters is 1. The molecule has 0 radical (unpaired) electrons. The quantitative estimate of drug-likeness (QED) is 0.550. The first-order valence-corrected chi connectivity index (χ1v) is 11.0. The van der Waals surface area contributed by atoms with Gasteiger partial charge in [-0.3, -0.25) is 19.3 Å². The number of rotatable bonds is 6. The van der Waals surface area contributed by atoms with E-state index in [2.05, 4.69) is 5.32 Å². The highest BCUT2D eigenvalue weighted by Gasteiger charge is 2.40. The highest BCUT2D eigenvalue weighted by atomic mass is 16.5. The first kappa shape index (κ1) is 21.7. The van der Waals surface area contributed by atoms with E-state index in [1.807, 2.05) is 0 Å². The lowest BCUT2D eigenvalue weighted by Gasteiger charge is -2.32. The van der Waals surface area contributed by atoms with Gasteiger partial charge in [0.1, 0.15) is 0 Å². The van der Waals surface area contributed by atoms with Crippen LogP contribution in [0.1, 0.15) is 63.7 Å². The largest absolute Gasteiger partial charge is 0.462 e. The minimum atomic E-state index is -0.404. The van der Waals surface area contributed by atoms with Crippen molar-refractivity contribution < 1.29 is 23.9 Å². The predicted molar refractivity (Wildman–Crippen MR) is 118 cm³/mol. The van der Waals surface area contributed by atoms with E-state index in [4.69, 9.17) is 4.74 Å². The van der Waals surface area contributed by atoms with Crippen LogP contribution in [-0.4, -0.2) is 41.7 Å². The van der Waals surface area contributed by atoms with E-state index < -0.39 is 5.97 Å². The smallest absolute Gasteiger partial charge is 0.338 e. The summed E-state index contributed by atoms with van der Waals surface area (Å²) in [5.74, 6) is -1.49. The van der Waals surface area contributed by atoms with E-state index in [9.17, 15) is 19.2 Å². The molecule has 1 fully saturated rings. The molecule has 1 N–H and O–H groups in total. The molecule has 7 nitrogen and oxygen atoms in total. The van der Waals surface area contributed by atoms with Crippen molar-refractivity contribution in [2.24, 2.45) is 11.8 Å². The number of nitrogens with one attached hydrogen (secondary N) is 1. The first-order valence-electron chi connectivity index (χ1n) is 11.0. The third-order valence-electron chi connectivity index (χ3n) is 6.20. The van der Waals surface area contributed by atoms with Crippen LogP contribution in [0, 0.1) is 11.8 Å². The summed E-state index contributed by atoms with van der Waals surface area (Å²) in [7, 11) is 0. The van der Waals surface area contributed by atoms with Gasteiger partial charge in [0.15, 0.2) is 0 Å². The molecule has 1 saturated carbocycles. The highest BCUT2D eigenvalue weighted by Crippen LogP contribution is 2.34. The molecule has 0 aromatic heterocycles. The monoisotopic (exact) mass is 434 g/mol. The van der Waals surface area contributed by atoms with Crippen molar-refractivity contribution in [2.75, 3.05) is 18.5 Å². The molecular formula is C25H26N2O5. The molecular weight excluding hydrogens is 408 g/mol. The standard InChI is InChI=1S/C25H26N2O5/c1-2-32-25(31)16-11-13-18(14-12-16)26-22(28)19-8-4-3-7-17(19)15-27-23(29)20-9-5-6-10-21(20)24(27)30/h5-6,9-14,17,19H,2-4,7-8,15H2,1H3,(H,26,28). The minimum absolute atomic E-state index is 0.0928. The Morgan fingerprint density at radius 1 is 0.969 bits per heavy atom. The van der Waals surface area contributed by atoms with Gasteiger partial charge in [-0.1, -0.05) is 25.0 Å². The molecule has 1 aliphatic carbocycles. The Bertz CT molecular complexity index is 1010. The van der Waals surface area contributed by atoms with Gasteiger partial charge in [-0.15, -0.1) is 0 Å². The highest BCUT2D eigenvalue weighted by molar-refractivity contribution is 6.21. The number of hydrogen-bond donors (Lipinski definition) is 1. The number of imide groups is 1. The molecule has 2 aromatic carbocycles. The Morgan fingerprint density at radius 2 is 1.59 bits per heavy atom. The molecule has 7 heteroatoms. The topological polar surface area (TPSA) is 92.8 Å². The summed E-state index contributed by atoms with van der Waals surface area (Å²) in [5.41, 5.74) is 1.87. The van der Waals surface area contributed by atoms with Crippen molar-refractivity contribution >= 4 is 29.4 Å². The molecule has 1 heterocycles. The van der Waals surface area contributed by atoms with Crippen molar-refractivity contribution in [3.8, 4) is 0 Å². The molecule has 0 saturated heterocycles. The van der Waals surface area contributed by atoms with Crippen LogP contribution in [0.25, 0.3) is 0 Å². The molecule has 2 aliphatic rings. The Morgan fingerprint density at radius 3 is 2.22 bits per heavy atom. The summed E-state index contributed by atoms with van der Waals surface area (Å²) in [6.45, 7) is 2.29. The van der Waals surface area contributed by atoms with Gasteiger partial charge < -0.3 is 10.1 Å². The number of fused-ring (bicyclic) bond motifs is 1. The average Bonchev–Trinajstić information content (AvgIpc) is 3.05. The lowest BCUT2D eigenvalue weighted by Crippen LogP contribution is -2.41. The second-order valence-corrected chi connectivity index (χ2v) is 8.20. The molecule has 166 valence electrons. The van der Waals surface area contributed by atoms with Crippen molar-refractivity contribution in [2.45, 2.75) is 32.6 Å². The molecule has 32 heavy (non-hydrogen) atoms. The Balaban J connectivity index is 1.43. The van der Waals surface area contributed by atoms with Gasteiger partial charge in [0.25, 0.3) is 11.8 Å². The van der Waals surface area contributed by atoms with Crippen molar-refractivity contribution in [3.63, 3.8) is 0 Å². The number of nitrogens with zero attached hydrogens (tertiary/aromatic N) is 1. The van der Waals surface area contributed by atoms with E-state index in [1.54, 1.807) is 55.5 Å². The number of amides is 3. The molecule has 3 amide bonds. The van der Waals surface area contributed by atoms with Gasteiger partial charge in [-0.2, -0.15) is 0 Å². The molecule has 4 rings (SSSR count). The van der Waals surface area contributed by atoms with Gasteiger partial charge in [-0.25, -0.2) is 4.79 Å². The van der Waals surface area contributed by atoms with Crippen LogP contribution in [0.5, 0.6) is 0 Å². The minimum Gasteiger partial charge on any atom is -0.462 e. The van der Waals surface area contributed by atoms with Crippen LogP contribution in [0.3, 0.4) is 0 Å². The number of benzene rings is 2. The summed E-state index contributed by atoms with van der Waals surface area (Å²) < 4.78 is 4.98. The Kier molecular flexibility index (Phi) is 6.35. The van der Waals surface area contributed by atoms with Gasteiger partial charge in [0.2, 0.25) is 5.91 Å². The summed E-state index contributed by atoms with van der Waals surface area (Å²) in [6, 6.07) is 13.4. The molecule has 0 bridgehead atoms. The summed E-state index contributed by atoms with van der Waals surface area (Å²) in [4.78, 5) is 51.6. The van der Waals surface area contributed by atoms with Gasteiger partial charge >= 0.3 is 5.97 Å². The molecule has 1 aliphatic heterocycles. The van der Waals surface area contributed by atoms with Crippen LogP contribution in [-0.2, 0) is 9.53 Å². The van der Waals surface area contributed by atoms with Crippen LogP contribution in [0.2, 0.25) is 0 Å². The maximum Gasteiger partial charge on any atom is 0.338 e. The van der Waals surface area contributed by atoms with Crippen molar-refractivity contribution in [1.82, 2.24) is 4.90 Å². The SMILES string of the molecule is CCOC(=O)c1ccc(NC(=O)C2CCCCC2CN2C(=O)c3ccccc3C2=O)cc1. The molecule has 2 atom stereocenters. The Labute approximate surface area is 186 Å². The second-order valence-electron chi connectivity index (χ2n) is 8.20. The summed E-state index contributed by atoms with van der Waals surface area (Å²) in [5, 5.41) is 2.92. The fraction of sp³-hybridized carbons (Fsp3) is 0.360. The fourth-order valence-electron chi connectivity index (χ4n) is 4.55. The Hall–Kier alpha value is -3.48. The van der Waals surface area contributed by atoms with E-state index in [0.29, 0.717) is 35.4 Å². The second kappa shape index (κ2) is 9.34. The van der Waals surface area contributed by atoms with Crippen LogP contribution < -0.4 is 5.32 Å². The normalized spacial score (nSPS) is 20.1. The fourth-order valence-corrected chi connectivity index (χ4v) is 4.55. The number of ether oxygens (including phenoxy) is 1. The zero-order chi connectivity index (χ0) is 22.7. The number of hydrogen-bond acceptors (Lipinski definition) is 5. The van der Waals surface area contributed by atoms with E-state index in [1.165, 1.54) is 4.90 Å². The van der Waals surface area contributed by atoms with E-state index in [-0.39, 0.29) is 36.1 Å². The average molecular weight is 434 g/mol. The van der Waals surface area contributed by atoms with Gasteiger partial charge in [-0.05, 0) is 62.1 Å². The number of anilines is 1. The zero-order valence-corrected chi connectivity index (χ0v) is 18.0. The third kappa shape index (κ3) is 4.28. The summed E-state index contributed by atoms with van der Waals surface area (Å²) in [6.07, 6.45) is 3.39. The first-order chi connectivity index (χ1) is 15.5. The molecule has 0 spiro atoms. The van der Waals surface area contributed by atoms with Gasteiger partial charge in [0, 0.05) is 18.2 Å². The van der Waals surface area contributed by atoms with E-state index >= 15 is 0 Å². The summed E-state index contributed by atoms with van der Waals surface area (Å²) >= 11 is 0. The van der Waals surface area contributed by atoms with Crippen molar-refractivity contribution in [3.05, 3.63) is 65.2 Å². The lowest BCUT2D eigenvalue weighted by atomic mass is 9.78. The van der Waals surface area contributed by atoms with Crippen molar-refractivity contribution in [1.29, 1.82) is 0 Å². The van der Waals surface area contributed by atoms with Crippen LogP contribution in [0.4, 0.5) is 5.69 Å². The number of carbonyl (C=O) groups is 4. The lowest BCUT2D eigenvalue weighted by molar-refractivity contribution is -0.122. The maximum absolute atomic E-state index is 13.1. The van der Waals surface area contributed by atoms with E-state index in [0.717, 1.165) is 19.3 Å².